The Balaban J connectivity index is 1.61. The minimum atomic E-state index is -0.928. The molecule has 2 aromatic carbocycles. The second-order valence-electron chi connectivity index (χ2n) is 6.81. The normalized spacial score (nSPS) is 11.6. The molecule has 9 nitrogen and oxygen atoms in total. The van der Waals surface area contributed by atoms with Crippen molar-refractivity contribution in [2.75, 3.05) is 39.6 Å². The second kappa shape index (κ2) is 13.3. The molecule has 2 N–H and O–H groups in total. The van der Waals surface area contributed by atoms with Crippen molar-refractivity contribution in [3.05, 3.63) is 48.6 Å². The summed E-state index contributed by atoms with van der Waals surface area (Å²) in [7, 11) is 0. The monoisotopic (exact) mass is 447 g/mol. The molecule has 0 spiro atoms. The molecule has 2 aromatic rings. The summed E-state index contributed by atoms with van der Waals surface area (Å²) in [5.74, 6) is 0.481. The maximum Gasteiger partial charge on any atom is 0.412 e. The number of carbonyl (C=O) groups is 2. The average molecular weight is 447 g/mol. The zero-order chi connectivity index (χ0) is 23.3. The van der Waals surface area contributed by atoms with E-state index >= 15 is 0 Å². The van der Waals surface area contributed by atoms with Crippen LogP contribution in [-0.2, 0) is 19.0 Å². The molecule has 0 aliphatic rings. The number of amides is 1. The Morgan fingerprint density at radius 3 is 2.50 bits per heavy atom. The highest BCUT2D eigenvalue weighted by Gasteiger charge is 2.08. The molecule has 1 atom stereocenters. The van der Waals surface area contributed by atoms with Gasteiger partial charge in [-0.2, -0.15) is 0 Å². The molecule has 1 unspecified atom stereocenters. The van der Waals surface area contributed by atoms with Crippen molar-refractivity contribution in [2.45, 2.75) is 20.1 Å². The molecule has 32 heavy (non-hydrogen) atoms. The molecule has 0 aromatic heterocycles. The third kappa shape index (κ3) is 8.93. The van der Waals surface area contributed by atoms with Crippen molar-refractivity contribution in [3.63, 3.8) is 0 Å². The van der Waals surface area contributed by atoms with Crippen LogP contribution in [0.4, 0.5) is 4.79 Å². The molecule has 174 valence electrons. The van der Waals surface area contributed by atoms with Gasteiger partial charge in [-0.15, -0.1) is 0 Å². The van der Waals surface area contributed by atoms with Crippen molar-refractivity contribution < 1.29 is 38.4 Å². The van der Waals surface area contributed by atoms with E-state index in [0.717, 1.165) is 10.8 Å². The van der Waals surface area contributed by atoms with Crippen LogP contribution in [0.25, 0.3) is 10.8 Å². The fraction of sp³-hybridized carbons (Fsp3) is 0.391. The van der Waals surface area contributed by atoms with E-state index in [9.17, 15) is 14.7 Å². The van der Waals surface area contributed by atoms with Gasteiger partial charge in [0.1, 0.15) is 18.1 Å². The topological polar surface area (TPSA) is 113 Å². The average Bonchev–Trinajstić information content (AvgIpc) is 2.74. The smallest absolute Gasteiger partial charge is 0.412 e. The fourth-order valence-corrected chi connectivity index (χ4v) is 2.59. The molecule has 1 amide bonds. The van der Waals surface area contributed by atoms with Gasteiger partial charge in [0, 0.05) is 17.5 Å². The lowest BCUT2D eigenvalue weighted by Crippen LogP contribution is -2.30. The molecule has 0 radical (unpaired) electrons. The lowest BCUT2D eigenvalue weighted by Gasteiger charge is -2.12. The van der Waals surface area contributed by atoms with E-state index < -0.39 is 18.4 Å². The Morgan fingerprint density at radius 2 is 1.78 bits per heavy atom. The Kier molecular flexibility index (Phi) is 10.5. The van der Waals surface area contributed by atoms with Gasteiger partial charge in [0.2, 0.25) is 0 Å². The third-order valence-electron chi connectivity index (χ3n) is 4.02. The van der Waals surface area contributed by atoms with E-state index in [1.54, 1.807) is 37.3 Å². The van der Waals surface area contributed by atoms with Gasteiger partial charge in [-0.3, -0.25) is 0 Å². The van der Waals surface area contributed by atoms with Crippen LogP contribution in [-0.4, -0.2) is 63.0 Å². The molecule has 2 rings (SSSR count). The van der Waals surface area contributed by atoms with Gasteiger partial charge in [-0.05, 0) is 43.5 Å². The molecule has 0 aliphatic carbocycles. The molecule has 9 heteroatoms. The van der Waals surface area contributed by atoms with Crippen LogP contribution < -0.4 is 14.8 Å². The number of aliphatic hydroxyl groups excluding tert-OH is 1. The summed E-state index contributed by atoms with van der Waals surface area (Å²) in [4.78, 5) is 23.1. The molecule has 0 saturated heterocycles. The third-order valence-corrected chi connectivity index (χ3v) is 4.02. The SMILES string of the molecule is C=C(C)C(=O)OCCOCCOCCNC(=O)Oc1ccc2c(OC(C)O)cccc2c1. The molecular weight excluding hydrogens is 418 g/mol. The van der Waals surface area contributed by atoms with E-state index in [1.807, 2.05) is 6.07 Å². The minimum Gasteiger partial charge on any atom is -0.465 e. The van der Waals surface area contributed by atoms with Crippen molar-refractivity contribution >= 4 is 22.8 Å². The largest absolute Gasteiger partial charge is 0.465 e. The summed E-state index contributed by atoms with van der Waals surface area (Å²) in [5.41, 5.74) is 0.344. The zero-order valence-corrected chi connectivity index (χ0v) is 18.3. The molecule has 0 heterocycles. The number of carbonyl (C=O) groups excluding carboxylic acids is 2. The Labute approximate surface area is 186 Å². The maximum atomic E-state index is 12.0. The number of esters is 1. The molecule has 0 saturated carbocycles. The standard InChI is InChI=1S/C23H29NO8/c1-16(2)22(26)30-14-13-29-12-11-28-10-9-24-23(27)32-19-7-8-20-18(15-19)5-4-6-21(20)31-17(3)25/h4-8,15,17,25H,1,9-14H2,2-3H3,(H,24,27). The highest BCUT2D eigenvalue weighted by molar-refractivity contribution is 5.90. The number of ether oxygens (including phenoxy) is 5. The predicted molar refractivity (Wildman–Crippen MR) is 118 cm³/mol. The van der Waals surface area contributed by atoms with E-state index in [2.05, 4.69) is 11.9 Å². The fourth-order valence-electron chi connectivity index (χ4n) is 2.59. The van der Waals surface area contributed by atoms with Crippen molar-refractivity contribution in [1.82, 2.24) is 5.32 Å². The van der Waals surface area contributed by atoms with Gasteiger partial charge in [-0.25, -0.2) is 9.59 Å². The van der Waals surface area contributed by atoms with Gasteiger partial charge >= 0.3 is 12.1 Å². The van der Waals surface area contributed by atoms with Gasteiger partial charge in [-0.1, -0.05) is 18.7 Å². The lowest BCUT2D eigenvalue weighted by molar-refractivity contribution is -0.140. The Hall–Kier alpha value is -3.14. The lowest BCUT2D eigenvalue weighted by atomic mass is 10.1. The molecular formula is C23H29NO8. The Bertz CT molecular complexity index is 912. The van der Waals surface area contributed by atoms with Gasteiger partial charge < -0.3 is 34.1 Å². The summed E-state index contributed by atoms with van der Waals surface area (Å²) >= 11 is 0. The summed E-state index contributed by atoms with van der Waals surface area (Å²) in [5, 5.41) is 13.6. The number of hydrogen-bond acceptors (Lipinski definition) is 8. The van der Waals surface area contributed by atoms with Crippen LogP contribution in [0.1, 0.15) is 13.8 Å². The van der Waals surface area contributed by atoms with Crippen LogP contribution in [0.5, 0.6) is 11.5 Å². The van der Waals surface area contributed by atoms with E-state index in [4.69, 9.17) is 23.7 Å². The van der Waals surface area contributed by atoms with Gasteiger partial charge in [0.25, 0.3) is 0 Å². The first-order chi connectivity index (χ1) is 15.4. The van der Waals surface area contributed by atoms with Gasteiger partial charge in [0.05, 0.1) is 26.4 Å². The number of rotatable bonds is 13. The Morgan fingerprint density at radius 1 is 1.06 bits per heavy atom. The number of hydrogen-bond donors (Lipinski definition) is 2. The molecule has 0 aliphatic heterocycles. The van der Waals surface area contributed by atoms with E-state index in [1.165, 1.54) is 6.92 Å². The first-order valence-corrected chi connectivity index (χ1v) is 10.2. The summed E-state index contributed by atoms with van der Waals surface area (Å²) < 4.78 is 26.2. The second-order valence-corrected chi connectivity index (χ2v) is 6.81. The molecule has 0 bridgehead atoms. The highest BCUT2D eigenvalue weighted by atomic mass is 16.6. The van der Waals surface area contributed by atoms with Crippen LogP contribution in [0.15, 0.2) is 48.6 Å². The van der Waals surface area contributed by atoms with Crippen LogP contribution in [0, 0.1) is 0 Å². The van der Waals surface area contributed by atoms with Gasteiger partial charge in [0.15, 0.2) is 6.29 Å². The number of benzene rings is 2. The quantitative estimate of drug-likeness (QED) is 0.209. The summed E-state index contributed by atoms with van der Waals surface area (Å²) in [6, 6.07) is 10.5. The van der Waals surface area contributed by atoms with E-state index in [0.29, 0.717) is 36.9 Å². The maximum absolute atomic E-state index is 12.0. The van der Waals surface area contributed by atoms with Crippen molar-refractivity contribution in [2.24, 2.45) is 0 Å². The van der Waals surface area contributed by atoms with Crippen molar-refractivity contribution in [3.8, 4) is 11.5 Å². The zero-order valence-electron chi connectivity index (χ0n) is 18.3. The van der Waals surface area contributed by atoms with Crippen LogP contribution in [0.2, 0.25) is 0 Å². The van der Waals surface area contributed by atoms with Crippen LogP contribution in [0.3, 0.4) is 0 Å². The minimum absolute atomic E-state index is 0.156. The summed E-state index contributed by atoms with van der Waals surface area (Å²) in [6.07, 6.45) is -1.53. The van der Waals surface area contributed by atoms with Crippen LogP contribution >= 0.6 is 0 Å². The first kappa shape index (κ1) is 25.1. The number of fused-ring (bicyclic) bond motifs is 1. The number of aliphatic hydroxyl groups is 1. The highest BCUT2D eigenvalue weighted by Crippen LogP contribution is 2.29. The number of nitrogens with one attached hydrogen (secondary N) is 1. The van der Waals surface area contributed by atoms with E-state index in [-0.39, 0.29) is 19.8 Å². The van der Waals surface area contributed by atoms with Crippen molar-refractivity contribution in [1.29, 1.82) is 0 Å². The molecule has 0 fully saturated rings. The predicted octanol–water partition coefficient (Wildman–Crippen LogP) is 2.80. The first-order valence-electron chi connectivity index (χ1n) is 10.2. The summed E-state index contributed by atoms with van der Waals surface area (Å²) in [6.45, 7) is 8.26.